The van der Waals surface area contributed by atoms with Gasteiger partial charge in [0.05, 0.1) is 18.9 Å². The summed E-state index contributed by atoms with van der Waals surface area (Å²) in [4.78, 5) is 21.4. The van der Waals surface area contributed by atoms with Crippen LogP contribution < -0.4 is 9.80 Å². The summed E-state index contributed by atoms with van der Waals surface area (Å²) in [6.07, 6.45) is 3.38. The average molecular weight is 492 g/mol. The minimum atomic E-state index is -0.329. The third-order valence-corrected chi connectivity index (χ3v) is 6.52. The predicted molar refractivity (Wildman–Crippen MR) is 147 cm³/mol. The van der Waals surface area contributed by atoms with Crippen LogP contribution >= 0.6 is 0 Å². The minimum Gasteiger partial charge on any atom is -0.508 e. The summed E-state index contributed by atoms with van der Waals surface area (Å²) in [5, 5.41) is 29.1. The van der Waals surface area contributed by atoms with Crippen molar-refractivity contribution >= 4 is 28.6 Å². The lowest BCUT2D eigenvalue weighted by Gasteiger charge is -2.23. The van der Waals surface area contributed by atoms with Crippen molar-refractivity contribution in [2.45, 2.75) is 34.1 Å². The van der Waals surface area contributed by atoms with Gasteiger partial charge in [-0.15, -0.1) is 0 Å². The molecule has 0 saturated heterocycles. The van der Waals surface area contributed by atoms with Crippen molar-refractivity contribution < 1.29 is 20.1 Å². The van der Waals surface area contributed by atoms with E-state index in [1.807, 2.05) is 51.1 Å². The zero-order valence-electron chi connectivity index (χ0n) is 21.7. The van der Waals surface area contributed by atoms with Crippen LogP contribution in [0.3, 0.4) is 0 Å². The van der Waals surface area contributed by atoms with Gasteiger partial charge in [-0.3, -0.25) is 4.79 Å². The van der Waals surface area contributed by atoms with Gasteiger partial charge >= 0.3 is 0 Å². The number of allylic oxidation sites excluding steroid dienone is 3. The van der Waals surface area contributed by atoms with Crippen LogP contribution in [0.1, 0.15) is 30.5 Å². The normalized spacial score (nSPS) is 14.6. The number of rotatable bonds is 11. The van der Waals surface area contributed by atoms with Crippen LogP contribution in [0.25, 0.3) is 0 Å². The smallest absolute Gasteiger partial charge is 0.207 e. The molecule has 0 unspecified atom stereocenters. The van der Waals surface area contributed by atoms with Gasteiger partial charge in [0.15, 0.2) is 0 Å². The van der Waals surface area contributed by atoms with Gasteiger partial charge < -0.3 is 25.1 Å². The van der Waals surface area contributed by atoms with E-state index >= 15 is 0 Å². The molecule has 3 rings (SSSR count). The Balaban J connectivity index is 1.87. The van der Waals surface area contributed by atoms with E-state index < -0.39 is 0 Å². The lowest BCUT2D eigenvalue weighted by atomic mass is 9.94. The highest BCUT2D eigenvalue weighted by molar-refractivity contribution is 6.49. The van der Waals surface area contributed by atoms with Gasteiger partial charge in [-0.2, -0.15) is 0 Å². The van der Waals surface area contributed by atoms with Gasteiger partial charge in [0, 0.05) is 55.6 Å². The molecular weight excluding hydrogens is 454 g/mol. The Kier molecular flexibility index (Phi) is 9.44. The van der Waals surface area contributed by atoms with Gasteiger partial charge in [-0.25, -0.2) is 4.99 Å². The van der Waals surface area contributed by atoms with Crippen LogP contribution in [0.15, 0.2) is 64.9 Å². The molecule has 0 amide bonds. The van der Waals surface area contributed by atoms with Crippen LogP contribution in [0.4, 0.5) is 17.1 Å². The van der Waals surface area contributed by atoms with Crippen LogP contribution in [-0.2, 0) is 11.2 Å². The number of likely N-dealkylation sites (N-methyl/N-ethyl adjacent to an activating group) is 2. The van der Waals surface area contributed by atoms with Crippen molar-refractivity contribution in [2.75, 3.05) is 49.2 Å². The first-order chi connectivity index (χ1) is 17.3. The fourth-order valence-corrected chi connectivity index (χ4v) is 4.38. The first-order valence-electron chi connectivity index (χ1n) is 12.5. The van der Waals surface area contributed by atoms with E-state index in [-0.39, 0.29) is 30.5 Å². The third-order valence-electron chi connectivity index (χ3n) is 6.52. The Hall–Kier alpha value is -3.42. The number of aryl methyl sites for hydroxylation is 2. The molecule has 0 atom stereocenters. The quantitative estimate of drug-likeness (QED) is 0.408. The highest BCUT2D eigenvalue weighted by Gasteiger charge is 2.20. The Morgan fingerprint density at radius 2 is 1.42 bits per heavy atom. The van der Waals surface area contributed by atoms with E-state index in [9.17, 15) is 20.1 Å². The van der Waals surface area contributed by atoms with Gasteiger partial charge in [-0.1, -0.05) is 6.07 Å². The summed E-state index contributed by atoms with van der Waals surface area (Å²) >= 11 is 0. The molecular formula is C29H37N3O4. The molecule has 0 radical (unpaired) electrons. The number of carbonyl (C=O) groups is 1. The summed E-state index contributed by atoms with van der Waals surface area (Å²) in [5.74, 6) is -0.364. The molecule has 0 saturated carbocycles. The standard InChI is InChI=1S/C29H37N3O4/c1-5-31(11-13-33)24-8-7-22(20(3)15-24)17-23-18-27(29(36)19-28(23)35)30-26-10-9-25(16-21(26)4)32(6-2)12-14-34/h7-10,15-16,18-19,33-35H,5-6,11-14,17H2,1-4H3. The first kappa shape index (κ1) is 27.2. The molecule has 36 heavy (non-hydrogen) atoms. The monoisotopic (exact) mass is 491 g/mol. The molecule has 0 aliphatic heterocycles. The minimum absolute atomic E-state index is 0.0347. The Morgan fingerprint density at radius 1 is 0.833 bits per heavy atom. The van der Waals surface area contributed by atoms with Crippen LogP contribution in [0.2, 0.25) is 0 Å². The zero-order chi connectivity index (χ0) is 26.2. The van der Waals surface area contributed by atoms with Gasteiger partial charge in [0.1, 0.15) is 11.5 Å². The molecule has 2 aromatic carbocycles. The number of nitrogens with zero attached hydrogens (tertiary/aromatic N) is 3. The summed E-state index contributed by atoms with van der Waals surface area (Å²) in [7, 11) is 0. The Bertz CT molecular complexity index is 1180. The Labute approximate surface area is 213 Å². The number of benzene rings is 2. The van der Waals surface area contributed by atoms with Crippen molar-refractivity contribution in [1.82, 2.24) is 0 Å². The van der Waals surface area contributed by atoms with E-state index in [1.54, 1.807) is 6.08 Å². The summed E-state index contributed by atoms with van der Waals surface area (Å²) < 4.78 is 0. The van der Waals surface area contributed by atoms with Crippen LogP contribution in [0.5, 0.6) is 0 Å². The topological polar surface area (TPSA) is 96.6 Å². The summed E-state index contributed by atoms with van der Waals surface area (Å²) in [6, 6.07) is 12.0. The van der Waals surface area contributed by atoms with Crippen molar-refractivity contribution in [2.24, 2.45) is 4.99 Å². The van der Waals surface area contributed by atoms with E-state index in [0.717, 1.165) is 41.2 Å². The van der Waals surface area contributed by atoms with E-state index in [2.05, 4.69) is 27.8 Å². The fraction of sp³-hybridized carbons (Fsp3) is 0.379. The molecule has 0 bridgehead atoms. The molecule has 2 aromatic rings. The molecule has 3 N–H and O–H groups in total. The number of aliphatic hydroxyl groups is 3. The number of ketones is 1. The Morgan fingerprint density at radius 3 is 1.94 bits per heavy atom. The van der Waals surface area contributed by atoms with Crippen molar-refractivity contribution in [3.63, 3.8) is 0 Å². The van der Waals surface area contributed by atoms with Crippen LogP contribution in [0, 0.1) is 13.8 Å². The SMILES string of the molecule is CCN(CCO)c1ccc(CC2=CC(=Nc3ccc(N(CC)CCO)cc3C)C(=O)C=C2O)c(C)c1. The van der Waals surface area contributed by atoms with Gasteiger partial charge in [-0.05, 0) is 80.8 Å². The van der Waals surface area contributed by atoms with Crippen molar-refractivity contribution in [3.8, 4) is 0 Å². The van der Waals surface area contributed by atoms with Gasteiger partial charge in [0.2, 0.25) is 5.78 Å². The molecule has 0 aromatic heterocycles. The summed E-state index contributed by atoms with van der Waals surface area (Å²) in [6.45, 7) is 10.9. The maximum Gasteiger partial charge on any atom is 0.207 e. The number of aliphatic hydroxyl groups excluding tert-OH is 3. The molecule has 0 heterocycles. The van der Waals surface area contributed by atoms with E-state index in [0.29, 0.717) is 30.8 Å². The zero-order valence-corrected chi connectivity index (χ0v) is 21.7. The summed E-state index contributed by atoms with van der Waals surface area (Å²) in [5.41, 5.74) is 6.70. The second kappa shape index (κ2) is 12.5. The molecule has 7 nitrogen and oxygen atoms in total. The van der Waals surface area contributed by atoms with E-state index in [1.165, 1.54) is 6.08 Å². The maximum absolute atomic E-state index is 12.6. The lowest BCUT2D eigenvalue weighted by molar-refractivity contribution is -0.109. The molecule has 1 aliphatic carbocycles. The molecule has 7 heteroatoms. The molecule has 0 spiro atoms. The lowest BCUT2D eigenvalue weighted by Crippen LogP contribution is -2.26. The average Bonchev–Trinajstić information content (AvgIpc) is 2.86. The number of carbonyl (C=O) groups excluding carboxylic acids is 1. The largest absolute Gasteiger partial charge is 0.508 e. The number of hydrogen-bond donors (Lipinski definition) is 3. The second-order valence-electron chi connectivity index (χ2n) is 8.93. The third kappa shape index (κ3) is 6.42. The maximum atomic E-state index is 12.6. The first-order valence-corrected chi connectivity index (χ1v) is 12.5. The van der Waals surface area contributed by atoms with Crippen molar-refractivity contribution in [1.29, 1.82) is 0 Å². The fourth-order valence-electron chi connectivity index (χ4n) is 4.38. The number of hydrogen-bond acceptors (Lipinski definition) is 7. The van der Waals surface area contributed by atoms with Gasteiger partial charge in [0.25, 0.3) is 0 Å². The van der Waals surface area contributed by atoms with Crippen LogP contribution in [-0.4, -0.2) is 66.2 Å². The van der Waals surface area contributed by atoms with Crippen molar-refractivity contribution in [3.05, 3.63) is 76.6 Å². The highest BCUT2D eigenvalue weighted by atomic mass is 16.3. The number of anilines is 2. The van der Waals surface area contributed by atoms with E-state index in [4.69, 9.17) is 0 Å². The molecule has 0 fully saturated rings. The second-order valence-corrected chi connectivity index (χ2v) is 8.93. The molecule has 1 aliphatic rings. The molecule has 192 valence electrons. The predicted octanol–water partition coefficient (Wildman–Crippen LogP) is 4.21. The number of aliphatic imine (C=N–C) groups is 1. The highest BCUT2D eigenvalue weighted by Crippen LogP contribution is 2.28.